The third-order valence-corrected chi connectivity index (χ3v) is 5.10. The molecule has 0 bridgehead atoms. The van der Waals surface area contributed by atoms with E-state index in [9.17, 15) is 0 Å². The Morgan fingerprint density at radius 3 is 2.19 bits per heavy atom. The Kier molecular flexibility index (Phi) is 4.57. The number of hydrogen-bond donors (Lipinski definition) is 0. The number of aromatic nitrogens is 2. The first-order chi connectivity index (χ1) is 10.1. The fourth-order valence-electron chi connectivity index (χ4n) is 1.94. The SMILES string of the molecule is Clc1nc(-c2ccc(Br)cc2)nc(-c2ccccc2)c1I. The lowest BCUT2D eigenvalue weighted by Gasteiger charge is -2.08. The van der Waals surface area contributed by atoms with Crippen LogP contribution in [0.1, 0.15) is 0 Å². The zero-order valence-corrected chi connectivity index (χ0v) is 15.2. The molecule has 0 aliphatic carbocycles. The summed E-state index contributed by atoms with van der Waals surface area (Å²) < 4.78 is 1.88. The Morgan fingerprint density at radius 2 is 1.52 bits per heavy atom. The second-order valence-corrected chi connectivity index (χ2v) is 6.73. The van der Waals surface area contributed by atoms with Crippen LogP contribution in [-0.2, 0) is 0 Å². The fraction of sp³-hybridized carbons (Fsp3) is 0. The number of rotatable bonds is 2. The van der Waals surface area contributed by atoms with Crippen molar-refractivity contribution in [1.29, 1.82) is 0 Å². The number of hydrogen-bond acceptors (Lipinski definition) is 2. The van der Waals surface area contributed by atoms with Gasteiger partial charge in [-0.15, -0.1) is 0 Å². The van der Waals surface area contributed by atoms with E-state index in [1.54, 1.807) is 0 Å². The van der Waals surface area contributed by atoms with Gasteiger partial charge >= 0.3 is 0 Å². The van der Waals surface area contributed by atoms with Gasteiger partial charge in [-0.1, -0.05) is 70.0 Å². The Morgan fingerprint density at radius 1 is 0.857 bits per heavy atom. The molecule has 0 fully saturated rings. The summed E-state index contributed by atoms with van der Waals surface area (Å²) >= 11 is 11.9. The molecule has 3 rings (SSSR count). The van der Waals surface area contributed by atoms with Crippen LogP contribution in [-0.4, -0.2) is 9.97 Å². The zero-order valence-electron chi connectivity index (χ0n) is 10.7. The van der Waals surface area contributed by atoms with Crippen LogP contribution in [0.15, 0.2) is 59.1 Å². The molecule has 21 heavy (non-hydrogen) atoms. The van der Waals surface area contributed by atoms with Crippen molar-refractivity contribution in [3.63, 3.8) is 0 Å². The van der Waals surface area contributed by atoms with Crippen molar-refractivity contribution >= 4 is 50.1 Å². The van der Waals surface area contributed by atoms with Gasteiger partial charge in [0.1, 0.15) is 5.15 Å². The summed E-state index contributed by atoms with van der Waals surface area (Å²) in [5, 5.41) is 0.474. The third-order valence-electron chi connectivity index (χ3n) is 2.96. The summed E-state index contributed by atoms with van der Waals surface area (Å²) in [6.07, 6.45) is 0. The molecular weight excluding hydrogens is 462 g/mol. The van der Waals surface area contributed by atoms with Gasteiger partial charge in [-0.3, -0.25) is 0 Å². The van der Waals surface area contributed by atoms with Crippen LogP contribution in [0.2, 0.25) is 5.15 Å². The van der Waals surface area contributed by atoms with Crippen molar-refractivity contribution in [2.75, 3.05) is 0 Å². The van der Waals surface area contributed by atoms with Crippen LogP contribution in [0.3, 0.4) is 0 Å². The van der Waals surface area contributed by atoms with Crippen LogP contribution in [0, 0.1) is 3.57 Å². The molecule has 0 radical (unpaired) electrons. The molecule has 0 saturated carbocycles. The van der Waals surface area contributed by atoms with E-state index in [1.807, 2.05) is 54.6 Å². The first-order valence-corrected chi connectivity index (χ1v) is 8.44. The molecule has 0 unspecified atom stereocenters. The van der Waals surface area contributed by atoms with Crippen molar-refractivity contribution in [3.05, 3.63) is 67.8 Å². The summed E-state index contributed by atoms with van der Waals surface area (Å²) in [6, 6.07) is 17.9. The molecule has 0 spiro atoms. The lowest BCUT2D eigenvalue weighted by atomic mass is 10.1. The van der Waals surface area contributed by atoms with E-state index in [-0.39, 0.29) is 0 Å². The van der Waals surface area contributed by atoms with Gasteiger partial charge in [0.25, 0.3) is 0 Å². The average molecular weight is 472 g/mol. The molecule has 2 nitrogen and oxygen atoms in total. The fourth-order valence-corrected chi connectivity index (χ4v) is 2.92. The highest BCUT2D eigenvalue weighted by Gasteiger charge is 2.13. The van der Waals surface area contributed by atoms with Gasteiger partial charge in [-0.2, -0.15) is 0 Å². The maximum atomic E-state index is 6.28. The molecule has 1 aromatic heterocycles. The smallest absolute Gasteiger partial charge is 0.161 e. The number of halogens is 3. The highest BCUT2D eigenvalue weighted by molar-refractivity contribution is 14.1. The van der Waals surface area contributed by atoms with Crippen molar-refractivity contribution in [3.8, 4) is 22.6 Å². The topological polar surface area (TPSA) is 25.8 Å². The minimum absolute atomic E-state index is 0.474. The van der Waals surface area contributed by atoms with Gasteiger partial charge in [-0.05, 0) is 34.7 Å². The molecule has 1 heterocycles. The normalized spacial score (nSPS) is 10.6. The van der Waals surface area contributed by atoms with Crippen molar-refractivity contribution in [2.45, 2.75) is 0 Å². The van der Waals surface area contributed by atoms with Crippen LogP contribution in [0.4, 0.5) is 0 Å². The molecule has 0 aliphatic rings. The first-order valence-electron chi connectivity index (χ1n) is 6.19. The zero-order chi connectivity index (χ0) is 14.8. The molecule has 104 valence electrons. The Balaban J connectivity index is 2.16. The lowest BCUT2D eigenvalue weighted by molar-refractivity contribution is 1.16. The van der Waals surface area contributed by atoms with Crippen LogP contribution in [0.25, 0.3) is 22.6 Å². The summed E-state index contributed by atoms with van der Waals surface area (Å²) in [7, 11) is 0. The quantitative estimate of drug-likeness (QED) is 0.347. The second-order valence-electron chi connectivity index (χ2n) is 4.37. The van der Waals surface area contributed by atoms with E-state index >= 15 is 0 Å². The van der Waals surface area contributed by atoms with E-state index in [0.717, 1.165) is 24.9 Å². The second kappa shape index (κ2) is 6.42. The molecule has 0 saturated heterocycles. The van der Waals surface area contributed by atoms with Gasteiger partial charge < -0.3 is 0 Å². The molecule has 0 aliphatic heterocycles. The highest BCUT2D eigenvalue weighted by Crippen LogP contribution is 2.30. The molecule has 3 aromatic rings. The third kappa shape index (κ3) is 3.27. The molecule has 5 heteroatoms. The molecule has 0 amide bonds. The van der Waals surface area contributed by atoms with Gasteiger partial charge in [0, 0.05) is 15.6 Å². The van der Waals surface area contributed by atoms with E-state index in [1.165, 1.54) is 0 Å². The van der Waals surface area contributed by atoms with Gasteiger partial charge in [0.2, 0.25) is 0 Å². The maximum absolute atomic E-state index is 6.28. The number of benzene rings is 2. The standard InChI is InChI=1S/C16H9BrClIN2/c17-12-8-6-11(7-9-12)16-20-14(13(19)15(18)21-16)10-4-2-1-3-5-10/h1-9H. The van der Waals surface area contributed by atoms with Crippen LogP contribution in [0.5, 0.6) is 0 Å². The van der Waals surface area contributed by atoms with E-state index in [4.69, 9.17) is 11.6 Å². The summed E-state index contributed by atoms with van der Waals surface area (Å²) in [6.45, 7) is 0. The van der Waals surface area contributed by atoms with Crippen molar-refractivity contribution < 1.29 is 0 Å². The monoisotopic (exact) mass is 470 g/mol. The molecular formula is C16H9BrClIN2. The van der Waals surface area contributed by atoms with E-state index < -0.39 is 0 Å². The van der Waals surface area contributed by atoms with Gasteiger partial charge in [-0.25, -0.2) is 9.97 Å². The Bertz CT molecular complexity index is 776. The molecule has 2 aromatic carbocycles. The molecule has 0 N–H and O–H groups in total. The Labute approximate surface area is 149 Å². The van der Waals surface area contributed by atoms with E-state index in [0.29, 0.717) is 11.0 Å². The summed E-state index contributed by atoms with van der Waals surface area (Å²) in [5.41, 5.74) is 2.83. The average Bonchev–Trinajstić information content (AvgIpc) is 2.51. The number of nitrogens with zero attached hydrogens (tertiary/aromatic N) is 2. The Hall–Kier alpha value is -0.980. The van der Waals surface area contributed by atoms with Crippen LogP contribution < -0.4 is 0 Å². The molecule has 0 atom stereocenters. The summed E-state index contributed by atoms with van der Waals surface area (Å²) in [4.78, 5) is 9.08. The van der Waals surface area contributed by atoms with Crippen molar-refractivity contribution in [1.82, 2.24) is 9.97 Å². The first kappa shape index (κ1) is 14.9. The van der Waals surface area contributed by atoms with E-state index in [2.05, 4.69) is 48.5 Å². The highest BCUT2D eigenvalue weighted by atomic mass is 127. The predicted octanol–water partition coefficient (Wildman–Crippen LogP) is 5.83. The van der Waals surface area contributed by atoms with Crippen molar-refractivity contribution in [2.24, 2.45) is 0 Å². The minimum Gasteiger partial charge on any atom is -0.227 e. The minimum atomic E-state index is 0.474. The predicted molar refractivity (Wildman–Crippen MR) is 98.3 cm³/mol. The summed E-state index contributed by atoms with van der Waals surface area (Å²) in [5.74, 6) is 0.631. The largest absolute Gasteiger partial charge is 0.227 e. The van der Waals surface area contributed by atoms with Gasteiger partial charge in [0.15, 0.2) is 5.82 Å². The maximum Gasteiger partial charge on any atom is 0.161 e. The van der Waals surface area contributed by atoms with Crippen LogP contribution >= 0.6 is 50.1 Å². The lowest BCUT2D eigenvalue weighted by Crippen LogP contribution is -1.97. The van der Waals surface area contributed by atoms with Gasteiger partial charge in [0.05, 0.1) is 9.26 Å².